The van der Waals surface area contributed by atoms with Crippen molar-refractivity contribution in [2.24, 2.45) is 0 Å². The van der Waals surface area contributed by atoms with Crippen LogP contribution in [0.15, 0.2) is 59.4 Å². The number of aromatic carboxylic acids is 1. The summed E-state index contributed by atoms with van der Waals surface area (Å²) >= 11 is 5.87. The van der Waals surface area contributed by atoms with Crippen molar-refractivity contribution in [3.05, 3.63) is 81.1 Å². The van der Waals surface area contributed by atoms with Crippen LogP contribution in [0.1, 0.15) is 15.9 Å². The summed E-state index contributed by atoms with van der Waals surface area (Å²) in [5.41, 5.74) is 0.752. The van der Waals surface area contributed by atoms with Gasteiger partial charge in [-0.25, -0.2) is 9.48 Å². The van der Waals surface area contributed by atoms with E-state index >= 15 is 0 Å². The molecular weight excluding hydrogens is 408 g/mol. The molecule has 0 fully saturated rings. The third-order valence-electron chi connectivity index (χ3n) is 4.34. The average Bonchev–Trinajstić information content (AvgIpc) is 2.75. The molecule has 0 unspecified atom stereocenters. The second-order valence-corrected chi connectivity index (χ2v) is 6.70. The van der Waals surface area contributed by atoms with Crippen LogP contribution in [0, 0.1) is 0 Å². The molecule has 3 rings (SSSR count). The molecule has 3 aromatic rings. The predicted molar refractivity (Wildman–Crippen MR) is 114 cm³/mol. The van der Waals surface area contributed by atoms with Gasteiger partial charge >= 0.3 is 5.97 Å². The molecule has 0 aliphatic carbocycles. The number of ether oxygens (including phenoxy) is 2. The first kappa shape index (κ1) is 21.1. The van der Waals surface area contributed by atoms with Crippen molar-refractivity contribution in [2.45, 2.75) is 6.54 Å². The third-order valence-corrected chi connectivity index (χ3v) is 4.59. The number of carbonyl (C=O) groups is 1. The minimum Gasteiger partial charge on any atom is -0.493 e. The molecule has 0 bridgehead atoms. The minimum absolute atomic E-state index is 0.100. The van der Waals surface area contributed by atoms with Crippen molar-refractivity contribution in [3.8, 4) is 22.8 Å². The van der Waals surface area contributed by atoms with E-state index in [-0.39, 0.29) is 12.1 Å². The molecule has 154 valence electrons. The van der Waals surface area contributed by atoms with E-state index in [4.69, 9.17) is 21.1 Å². The third kappa shape index (κ3) is 4.69. The summed E-state index contributed by atoms with van der Waals surface area (Å²) in [6.45, 7) is 0.100. The smallest absolute Gasteiger partial charge is 0.341 e. The fourth-order valence-electron chi connectivity index (χ4n) is 2.82. The van der Waals surface area contributed by atoms with Gasteiger partial charge in [0.2, 0.25) is 0 Å². The first-order valence-electron chi connectivity index (χ1n) is 8.93. The molecule has 1 aromatic heterocycles. The fourth-order valence-corrected chi connectivity index (χ4v) is 2.94. The lowest BCUT2D eigenvalue weighted by Gasteiger charge is -2.11. The Labute approximate surface area is 177 Å². The van der Waals surface area contributed by atoms with Crippen LogP contribution in [0.4, 0.5) is 0 Å². The normalized spacial score (nSPS) is 10.9. The van der Waals surface area contributed by atoms with E-state index in [1.807, 2.05) is 12.1 Å². The molecule has 2 aromatic carbocycles. The number of allylic oxidation sites excluding steroid dienone is 1. The van der Waals surface area contributed by atoms with E-state index in [9.17, 15) is 14.7 Å². The zero-order chi connectivity index (χ0) is 21.7. The lowest BCUT2D eigenvalue weighted by molar-refractivity contribution is 0.0694. The van der Waals surface area contributed by atoms with Crippen LogP contribution in [0.2, 0.25) is 5.02 Å². The molecular formula is C22H19ClN2O5. The van der Waals surface area contributed by atoms with Gasteiger partial charge in [0.1, 0.15) is 5.56 Å². The maximum absolute atomic E-state index is 12.5. The van der Waals surface area contributed by atoms with Gasteiger partial charge in [-0.3, -0.25) is 4.79 Å². The second-order valence-electron chi connectivity index (χ2n) is 6.26. The van der Waals surface area contributed by atoms with Crippen molar-refractivity contribution in [2.75, 3.05) is 14.2 Å². The predicted octanol–water partition coefficient (Wildman–Crippen LogP) is 3.99. The van der Waals surface area contributed by atoms with Crippen molar-refractivity contribution in [3.63, 3.8) is 0 Å². The quantitative estimate of drug-likeness (QED) is 0.614. The van der Waals surface area contributed by atoms with Crippen molar-refractivity contribution in [1.82, 2.24) is 9.78 Å². The Morgan fingerprint density at radius 2 is 1.80 bits per heavy atom. The molecule has 1 N–H and O–H groups in total. The number of methoxy groups -OCH3 is 2. The van der Waals surface area contributed by atoms with E-state index in [0.717, 1.165) is 10.2 Å². The number of carboxylic acids is 1. The van der Waals surface area contributed by atoms with Gasteiger partial charge in [-0.2, -0.15) is 5.10 Å². The van der Waals surface area contributed by atoms with Crippen LogP contribution in [0.25, 0.3) is 17.3 Å². The first-order chi connectivity index (χ1) is 14.4. The second kappa shape index (κ2) is 9.28. The zero-order valence-electron chi connectivity index (χ0n) is 16.3. The Morgan fingerprint density at radius 3 is 2.43 bits per heavy atom. The molecule has 0 aliphatic heterocycles. The highest BCUT2D eigenvalue weighted by molar-refractivity contribution is 6.30. The summed E-state index contributed by atoms with van der Waals surface area (Å²) in [5.74, 6) is -0.326. The van der Waals surface area contributed by atoms with Crippen molar-refractivity contribution >= 4 is 23.6 Å². The van der Waals surface area contributed by atoms with Gasteiger partial charge in [0, 0.05) is 10.6 Å². The number of rotatable bonds is 7. The molecule has 0 aliphatic rings. The molecule has 0 saturated heterocycles. The van der Waals surface area contributed by atoms with Crippen LogP contribution in [0.5, 0.6) is 11.5 Å². The highest BCUT2D eigenvalue weighted by Crippen LogP contribution is 2.31. The van der Waals surface area contributed by atoms with Crippen LogP contribution >= 0.6 is 11.6 Å². The fraction of sp³-hybridized carbons (Fsp3) is 0.136. The number of hydrogen-bond acceptors (Lipinski definition) is 5. The highest BCUT2D eigenvalue weighted by atomic mass is 35.5. The SMILES string of the molecule is COc1ccc(-c2cc(C(=O)O)c(=O)n(CC=Cc3ccc(Cl)cc3)n2)cc1OC. The number of nitrogens with zero attached hydrogens (tertiary/aromatic N) is 2. The Morgan fingerprint density at radius 1 is 1.10 bits per heavy atom. The largest absolute Gasteiger partial charge is 0.493 e. The molecule has 0 spiro atoms. The molecule has 0 saturated carbocycles. The number of halogens is 1. The Hall–Kier alpha value is -3.58. The lowest BCUT2D eigenvalue weighted by Crippen LogP contribution is -2.28. The maximum Gasteiger partial charge on any atom is 0.341 e. The molecule has 1 heterocycles. The number of benzene rings is 2. The van der Waals surface area contributed by atoms with E-state index < -0.39 is 11.5 Å². The van der Waals surface area contributed by atoms with Gasteiger partial charge in [0.05, 0.1) is 26.5 Å². The van der Waals surface area contributed by atoms with E-state index in [1.165, 1.54) is 20.3 Å². The molecule has 30 heavy (non-hydrogen) atoms. The van der Waals surface area contributed by atoms with E-state index in [0.29, 0.717) is 27.8 Å². The number of carboxylic acid groups (broad SMARTS) is 1. The molecule has 0 radical (unpaired) electrons. The van der Waals surface area contributed by atoms with Crippen molar-refractivity contribution < 1.29 is 19.4 Å². The highest BCUT2D eigenvalue weighted by Gasteiger charge is 2.16. The van der Waals surface area contributed by atoms with Crippen LogP contribution < -0.4 is 15.0 Å². The summed E-state index contributed by atoms with van der Waals surface area (Å²) in [6, 6.07) is 13.5. The monoisotopic (exact) mass is 426 g/mol. The van der Waals surface area contributed by atoms with Gasteiger partial charge in [-0.1, -0.05) is 35.9 Å². The molecule has 8 heteroatoms. The van der Waals surface area contributed by atoms with Gasteiger partial charge < -0.3 is 14.6 Å². The molecule has 7 nitrogen and oxygen atoms in total. The minimum atomic E-state index is -1.32. The van der Waals surface area contributed by atoms with Gasteiger partial charge in [0.25, 0.3) is 5.56 Å². The molecule has 0 atom stereocenters. The Bertz CT molecular complexity index is 1150. The zero-order valence-corrected chi connectivity index (χ0v) is 17.1. The van der Waals surface area contributed by atoms with Crippen LogP contribution in [-0.2, 0) is 6.54 Å². The van der Waals surface area contributed by atoms with Gasteiger partial charge in [0.15, 0.2) is 11.5 Å². The lowest BCUT2D eigenvalue weighted by atomic mass is 10.1. The van der Waals surface area contributed by atoms with E-state index in [1.54, 1.807) is 42.5 Å². The standard InChI is InChI=1S/C22H19ClN2O5/c1-29-19-10-7-15(12-20(19)30-2)18-13-17(22(27)28)21(26)25(24-18)11-3-4-14-5-8-16(23)9-6-14/h3-10,12-13H,11H2,1-2H3,(H,27,28). The number of aromatic nitrogens is 2. The Balaban J connectivity index is 1.99. The summed E-state index contributed by atoms with van der Waals surface area (Å²) < 4.78 is 11.6. The van der Waals surface area contributed by atoms with Gasteiger partial charge in [-0.05, 0) is 42.0 Å². The van der Waals surface area contributed by atoms with E-state index in [2.05, 4.69) is 5.10 Å². The Kier molecular flexibility index (Phi) is 6.54. The van der Waals surface area contributed by atoms with Gasteiger partial charge in [-0.15, -0.1) is 0 Å². The summed E-state index contributed by atoms with van der Waals surface area (Å²) in [4.78, 5) is 24.1. The molecule has 0 amide bonds. The van der Waals surface area contributed by atoms with Crippen LogP contribution in [0.3, 0.4) is 0 Å². The number of hydrogen-bond donors (Lipinski definition) is 1. The summed E-state index contributed by atoms with van der Waals surface area (Å²) in [7, 11) is 3.02. The summed E-state index contributed by atoms with van der Waals surface area (Å²) in [5, 5.41) is 14.4. The first-order valence-corrected chi connectivity index (χ1v) is 9.30. The van der Waals surface area contributed by atoms with Crippen LogP contribution in [-0.4, -0.2) is 35.1 Å². The summed E-state index contributed by atoms with van der Waals surface area (Å²) in [6.07, 6.45) is 3.52. The van der Waals surface area contributed by atoms with Crippen molar-refractivity contribution in [1.29, 1.82) is 0 Å². The maximum atomic E-state index is 12.5. The topological polar surface area (TPSA) is 90.7 Å². The average molecular weight is 427 g/mol.